The molecule has 0 radical (unpaired) electrons. The van der Waals surface area contributed by atoms with Crippen LogP contribution in [0.2, 0.25) is 0 Å². The molecule has 1 atom stereocenters. The van der Waals surface area contributed by atoms with Crippen LogP contribution in [-0.4, -0.2) is 28.2 Å². The largest absolute Gasteiger partial charge is 0.484 e. The van der Waals surface area contributed by atoms with E-state index in [1.54, 1.807) is 24.0 Å². The minimum Gasteiger partial charge on any atom is -0.484 e. The number of oxazole rings is 1. The number of nitrogens with one attached hydrogen (secondary N) is 1. The Morgan fingerprint density at radius 3 is 2.71 bits per heavy atom. The monoisotopic (exact) mass is 513 g/mol. The predicted octanol–water partition coefficient (Wildman–Crippen LogP) is 5.13. The average molecular weight is 514 g/mol. The number of halogens is 1. The number of hydrogen-bond acceptors (Lipinski definition) is 5. The van der Waals surface area contributed by atoms with Crippen molar-refractivity contribution in [3.8, 4) is 5.75 Å². The van der Waals surface area contributed by atoms with Crippen molar-refractivity contribution < 1.29 is 23.1 Å². The molecule has 1 aliphatic heterocycles. The maximum absolute atomic E-state index is 13.6. The van der Waals surface area contributed by atoms with Crippen molar-refractivity contribution in [1.29, 1.82) is 0 Å². The van der Waals surface area contributed by atoms with Crippen molar-refractivity contribution in [2.24, 2.45) is 0 Å². The summed E-state index contributed by atoms with van der Waals surface area (Å²) in [5.74, 6) is 0.130. The third-order valence-corrected chi connectivity index (χ3v) is 6.62. The highest BCUT2D eigenvalue weighted by atomic mass is 19.1. The van der Waals surface area contributed by atoms with E-state index < -0.39 is 0 Å². The Labute approximate surface area is 220 Å². The lowest BCUT2D eigenvalue weighted by Gasteiger charge is -2.37. The SMILES string of the molecule is CC(=O)N1CCc2ccc(OCc3nc(C(=O)NCc4cccc(C)c4)co3)cc2C1c1ccc(F)cc1. The standard InChI is InChI=1S/C30H28FN3O4/c1-19-4-3-5-21(14-19)16-32-30(36)27-17-38-28(33-27)18-37-25-11-8-22-12-13-34(20(2)35)29(26(22)15-25)23-6-9-24(31)10-7-23/h3-11,14-15,17,29H,12-13,16,18H2,1-2H3,(H,32,36). The zero-order valence-electron chi connectivity index (χ0n) is 21.2. The predicted molar refractivity (Wildman–Crippen MR) is 139 cm³/mol. The van der Waals surface area contributed by atoms with E-state index in [4.69, 9.17) is 9.15 Å². The number of carbonyl (C=O) groups is 2. The molecule has 1 aliphatic rings. The number of hydrogen-bond donors (Lipinski definition) is 1. The van der Waals surface area contributed by atoms with Crippen LogP contribution in [0.25, 0.3) is 0 Å². The van der Waals surface area contributed by atoms with Gasteiger partial charge in [0.1, 0.15) is 17.8 Å². The summed E-state index contributed by atoms with van der Waals surface area (Å²) in [7, 11) is 0. The molecule has 2 amide bonds. The second-order valence-electron chi connectivity index (χ2n) is 9.36. The normalized spacial score (nSPS) is 14.6. The number of rotatable bonds is 7. The molecular formula is C30H28FN3O4. The Kier molecular flexibility index (Phi) is 7.22. The molecule has 0 fully saturated rings. The fraction of sp³-hybridized carbons (Fsp3) is 0.233. The molecule has 1 N–H and O–H groups in total. The lowest BCUT2D eigenvalue weighted by atomic mass is 9.88. The summed E-state index contributed by atoms with van der Waals surface area (Å²) >= 11 is 0. The van der Waals surface area contributed by atoms with Crippen LogP contribution in [-0.2, 0) is 24.4 Å². The maximum atomic E-state index is 13.6. The quantitative estimate of drug-likeness (QED) is 0.371. The fourth-order valence-electron chi connectivity index (χ4n) is 4.75. The third-order valence-electron chi connectivity index (χ3n) is 6.62. The van der Waals surface area contributed by atoms with Gasteiger partial charge in [-0.05, 0) is 59.9 Å². The number of nitrogens with zero attached hydrogens (tertiary/aromatic N) is 2. The van der Waals surface area contributed by atoms with Crippen molar-refractivity contribution in [3.63, 3.8) is 0 Å². The third kappa shape index (κ3) is 5.59. The van der Waals surface area contributed by atoms with E-state index in [0.717, 1.165) is 27.8 Å². The molecule has 1 aromatic heterocycles. The summed E-state index contributed by atoms with van der Waals surface area (Å²) < 4.78 is 25.0. The molecule has 7 nitrogen and oxygen atoms in total. The van der Waals surface area contributed by atoms with E-state index in [2.05, 4.69) is 10.3 Å². The van der Waals surface area contributed by atoms with Gasteiger partial charge in [-0.1, -0.05) is 48.0 Å². The zero-order chi connectivity index (χ0) is 26.6. The van der Waals surface area contributed by atoms with E-state index in [1.165, 1.54) is 18.4 Å². The number of amides is 2. The average Bonchev–Trinajstić information content (AvgIpc) is 3.39. The topological polar surface area (TPSA) is 84.7 Å². The summed E-state index contributed by atoms with van der Waals surface area (Å²) in [6, 6.07) is 19.5. The fourth-order valence-corrected chi connectivity index (χ4v) is 4.75. The minimum atomic E-state index is -0.342. The summed E-state index contributed by atoms with van der Waals surface area (Å²) in [6.07, 6.45) is 2.03. The molecule has 5 rings (SSSR count). The van der Waals surface area contributed by atoms with Crippen LogP contribution in [0.15, 0.2) is 77.4 Å². The number of ether oxygens (including phenoxy) is 1. The highest BCUT2D eigenvalue weighted by Crippen LogP contribution is 2.37. The van der Waals surface area contributed by atoms with Crippen LogP contribution in [0.5, 0.6) is 5.75 Å². The van der Waals surface area contributed by atoms with Gasteiger partial charge in [0, 0.05) is 20.0 Å². The van der Waals surface area contributed by atoms with Gasteiger partial charge < -0.3 is 19.4 Å². The Morgan fingerprint density at radius 2 is 1.95 bits per heavy atom. The first kappa shape index (κ1) is 25.2. The zero-order valence-corrected chi connectivity index (χ0v) is 21.2. The van der Waals surface area contributed by atoms with Crippen LogP contribution in [0.4, 0.5) is 4.39 Å². The number of carbonyl (C=O) groups excluding carboxylic acids is 2. The van der Waals surface area contributed by atoms with Gasteiger partial charge in [0.15, 0.2) is 12.3 Å². The maximum Gasteiger partial charge on any atom is 0.273 e. The first-order chi connectivity index (χ1) is 18.4. The molecule has 8 heteroatoms. The molecule has 3 aromatic carbocycles. The smallest absolute Gasteiger partial charge is 0.273 e. The Bertz CT molecular complexity index is 1460. The number of aryl methyl sites for hydroxylation is 1. The van der Waals surface area contributed by atoms with E-state index >= 15 is 0 Å². The molecule has 1 unspecified atom stereocenters. The van der Waals surface area contributed by atoms with Crippen molar-refractivity contribution in [2.45, 2.75) is 39.5 Å². The molecule has 194 valence electrons. The van der Waals surface area contributed by atoms with Crippen LogP contribution >= 0.6 is 0 Å². The van der Waals surface area contributed by atoms with Crippen molar-refractivity contribution in [2.75, 3.05) is 6.54 Å². The van der Waals surface area contributed by atoms with Crippen molar-refractivity contribution in [1.82, 2.24) is 15.2 Å². The van der Waals surface area contributed by atoms with Gasteiger partial charge in [0.2, 0.25) is 11.8 Å². The van der Waals surface area contributed by atoms with Crippen LogP contribution < -0.4 is 10.1 Å². The van der Waals surface area contributed by atoms with Gasteiger partial charge in [-0.15, -0.1) is 0 Å². The van der Waals surface area contributed by atoms with Gasteiger partial charge in [0.05, 0.1) is 6.04 Å². The summed E-state index contributed by atoms with van der Waals surface area (Å²) in [6.45, 7) is 4.54. The van der Waals surface area contributed by atoms with Crippen LogP contribution in [0.3, 0.4) is 0 Å². The van der Waals surface area contributed by atoms with E-state index in [1.807, 2.05) is 49.4 Å². The lowest BCUT2D eigenvalue weighted by molar-refractivity contribution is -0.130. The van der Waals surface area contributed by atoms with Crippen LogP contribution in [0, 0.1) is 12.7 Å². The first-order valence-electron chi connectivity index (χ1n) is 12.4. The number of benzene rings is 3. The minimum absolute atomic E-state index is 0.0293. The molecule has 0 saturated carbocycles. The van der Waals surface area contributed by atoms with Crippen LogP contribution in [0.1, 0.15) is 57.2 Å². The second-order valence-corrected chi connectivity index (χ2v) is 9.36. The molecule has 0 aliphatic carbocycles. The molecule has 0 spiro atoms. The number of aromatic nitrogens is 1. The molecule has 0 bridgehead atoms. The Hall–Kier alpha value is -4.46. The molecule has 38 heavy (non-hydrogen) atoms. The first-order valence-corrected chi connectivity index (χ1v) is 12.4. The lowest BCUT2D eigenvalue weighted by Crippen LogP contribution is -2.39. The summed E-state index contributed by atoms with van der Waals surface area (Å²) in [5.41, 5.74) is 5.16. The van der Waals surface area contributed by atoms with E-state index in [-0.39, 0.29) is 41.9 Å². The Morgan fingerprint density at radius 1 is 1.13 bits per heavy atom. The van der Waals surface area contributed by atoms with E-state index in [9.17, 15) is 14.0 Å². The molecule has 0 saturated heterocycles. The van der Waals surface area contributed by atoms with E-state index in [0.29, 0.717) is 25.3 Å². The van der Waals surface area contributed by atoms with Crippen molar-refractivity contribution >= 4 is 11.8 Å². The Balaban J connectivity index is 1.28. The summed E-state index contributed by atoms with van der Waals surface area (Å²) in [4.78, 5) is 31.0. The molecule has 4 aromatic rings. The van der Waals surface area contributed by atoms with Gasteiger partial charge in [-0.3, -0.25) is 9.59 Å². The highest BCUT2D eigenvalue weighted by molar-refractivity contribution is 5.91. The molecular weight excluding hydrogens is 485 g/mol. The van der Waals surface area contributed by atoms with Gasteiger partial charge in [-0.25, -0.2) is 9.37 Å². The summed E-state index contributed by atoms with van der Waals surface area (Å²) in [5, 5.41) is 2.84. The van der Waals surface area contributed by atoms with Gasteiger partial charge in [0.25, 0.3) is 5.91 Å². The van der Waals surface area contributed by atoms with Gasteiger partial charge in [-0.2, -0.15) is 0 Å². The second kappa shape index (κ2) is 10.9. The van der Waals surface area contributed by atoms with Gasteiger partial charge >= 0.3 is 0 Å². The molecule has 2 heterocycles. The number of fused-ring (bicyclic) bond motifs is 1. The van der Waals surface area contributed by atoms with Crippen molar-refractivity contribution in [3.05, 3.63) is 118 Å². The highest BCUT2D eigenvalue weighted by Gasteiger charge is 2.31.